The van der Waals surface area contributed by atoms with Gasteiger partial charge in [0, 0.05) is 49.3 Å². The summed E-state index contributed by atoms with van der Waals surface area (Å²) in [6.07, 6.45) is 4.44. The molecule has 2 amide bonds. The highest BCUT2D eigenvalue weighted by Crippen LogP contribution is 2.32. The van der Waals surface area contributed by atoms with Gasteiger partial charge in [-0.3, -0.25) is 9.59 Å². The van der Waals surface area contributed by atoms with Crippen LogP contribution in [0, 0.1) is 11.8 Å². The molecule has 0 aromatic heterocycles. The van der Waals surface area contributed by atoms with Crippen molar-refractivity contribution in [3.05, 3.63) is 59.2 Å². The molecular weight excluding hydrogens is 448 g/mol. The minimum atomic E-state index is 0.0331. The van der Waals surface area contributed by atoms with E-state index in [1.165, 1.54) is 0 Å². The molecule has 6 nitrogen and oxygen atoms in total. The van der Waals surface area contributed by atoms with Gasteiger partial charge in [0.25, 0.3) is 5.91 Å². The van der Waals surface area contributed by atoms with E-state index in [1.807, 2.05) is 58.3 Å². The van der Waals surface area contributed by atoms with E-state index in [2.05, 4.69) is 32.7 Å². The van der Waals surface area contributed by atoms with E-state index in [1.54, 1.807) is 0 Å². The minimum absolute atomic E-state index is 0.0331. The van der Waals surface area contributed by atoms with Gasteiger partial charge in [-0.05, 0) is 60.1 Å². The van der Waals surface area contributed by atoms with Crippen LogP contribution < -0.4 is 5.73 Å². The lowest BCUT2D eigenvalue weighted by Gasteiger charge is -2.27. The maximum absolute atomic E-state index is 13.5. The average Bonchev–Trinajstić information content (AvgIpc) is 3.32. The number of nitrogens with two attached hydrogens (primary N) is 1. The van der Waals surface area contributed by atoms with Gasteiger partial charge in [-0.25, -0.2) is 4.99 Å². The summed E-state index contributed by atoms with van der Waals surface area (Å²) < 4.78 is 0. The van der Waals surface area contributed by atoms with Gasteiger partial charge >= 0.3 is 0 Å². The van der Waals surface area contributed by atoms with Gasteiger partial charge in [-0.1, -0.05) is 52.0 Å². The SMILES string of the molecule is CC(C)CN(CC(C)C)C(=O)C1=Cc2ccc(-c3ccc(C(=O)N4CCCC4)cc3)cc2N=C(N)C1. The van der Waals surface area contributed by atoms with Crippen LogP contribution in [0.5, 0.6) is 0 Å². The first-order chi connectivity index (χ1) is 17.2. The third-order valence-electron chi connectivity index (χ3n) is 6.59. The molecule has 36 heavy (non-hydrogen) atoms. The Kier molecular flexibility index (Phi) is 7.92. The third-order valence-corrected chi connectivity index (χ3v) is 6.59. The molecule has 2 aliphatic heterocycles. The number of hydrogen-bond acceptors (Lipinski definition) is 4. The Hall–Kier alpha value is -3.41. The van der Waals surface area contributed by atoms with Crippen molar-refractivity contribution in [1.82, 2.24) is 9.80 Å². The second-order valence-electron chi connectivity index (χ2n) is 10.8. The summed E-state index contributed by atoms with van der Waals surface area (Å²) in [6.45, 7) is 11.6. The predicted octanol–water partition coefficient (Wildman–Crippen LogP) is 5.51. The number of carbonyl (C=O) groups excluding carboxylic acids is 2. The van der Waals surface area contributed by atoms with Crippen LogP contribution in [0.3, 0.4) is 0 Å². The second kappa shape index (κ2) is 11.1. The number of carbonyl (C=O) groups is 2. The highest BCUT2D eigenvalue weighted by atomic mass is 16.2. The average molecular weight is 487 g/mol. The molecule has 2 aromatic rings. The van der Waals surface area contributed by atoms with Gasteiger partial charge in [-0.2, -0.15) is 0 Å². The van der Waals surface area contributed by atoms with Crippen molar-refractivity contribution >= 4 is 29.4 Å². The Balaban J connectivity index is 1.58. The molecule has 0 radical (unpaired) electrons. The Morgan fingerprint density at radius 2 is 1.56 bits per heavy atom. The number of hydrogen-bond donors (Lipinski definition) is 1. The topological polar surface area (TPSA) is 79.0 Å². The smallest absolute Gasteiger partial charge is 0.253 e. The first-order valence-electron chi connectivity index (χ1n) is 13.1. The maximum Gasteiger partial charge on any atom is 0.253 e. The molecule has 0 spiro atoms. The molecule has 4 rings (SSSR count). The number of rotatable bonds is 7. The molecule has 2 heterocycles. The van der Waals surface area contributed by atoms with E-state index in [0.29, 0.717) is 42.8 Å². The maximum atomic E-state index is 13.5. The van der Waals surface area contributed by atoms with Crippen LogP contribution in [-0.2, 0) is 4.79 Å². The Morgan fingerprint density at radius 3 is 2.17 bits per heavy atom. The zero-order valence-corrected chi connectivity index (χ0v) is 22.0. The molecule has 0 atom stereocenters. The summed E-state index contributed by atoms with van der Waals surface area (Å²) in [5.74, 6) is 1.34. The van der Waals surface area contributed by atoms with Gasteiger partial charge in [0.1, 0.15) is 5.84 Å². The summed E-state index contributed by atoms with van der Waals surface area (Å²) in [7, 11) is 0. The lowest BCUT2D eigenvalue weighted by atomic mass is 9.99. The van der Waals surface area contributed by atoms with Crippen molar-refractivity contribution in [3.8, 4) is 11.1 Å². The Labute approximate surface area is 214 Å². The first kappa shape index (κ1) is 25.7. The fourth-order valence-corrected chi connectivity index (χ4v) is 4.94. The second-order valence-corrected chi connectivity index (χ2v) is 10.8. The third kappa shape index (κ3) is 6.04. The highest BCUT2D eigenvalue weighted by molar-refractivity contribution is 6.05. The van der Waals surface area contributed by atoms with Crippen LogP contribution in [-0.4, -0.2) is 53.6 Å². The summed E-state index contributed by atoms with van der Waals surface area (Å²) in [4.78, 5) is 34.6. The minimum Gasteiger partial charge on any atom is -0.387 e. The number of aliphatic imine (C=N–C) groups is 1. The van der Waals surface area contributed by atoms with Crippen LogP contribution in [0.1, 0.15) is 62.9 Å². The summed E-state index contributed by atoms with van der Waals surface area (Å²) in [5.41, 5.74) is 11.3. The largest absolute Gasteiger partial charge is 0.387 e. The quantitative estimate of drug-likeness (QED) is 0.561. The summed E-state index contributed by atoms with van der Waals surface area (Å²) in [5, 5.41) is 0. The van der Waals surface area contributed by atoms with E-state index in [9.17, 15) is 9.59 Å². The van der Waals surface area contributed by atoms with E-state index in [-0.39, 0.29) is 11.8 Å². The van der Waals surface area contributed by atoms with Crippen molar-refractivity contribution in [3.63, 3.8) is 0 Å². The molecule has 0 saturated carbocycles. The van der Waals surface area contributed by atoms with E-state index < -0.39 is 0 Å². The molecule has 2 N–H and O–H groups in total. The van der Waals surface area contributed by atoms with Crippen LogP contribution in [0.15, 0.2) is 53.0 Å². The lowest BCUT2D eigenvalue weighted by Crippen LogP contribution is -2.38. The van der Waals surface area contributed by atoms with Crippen LogP contribution in [0.4, 0.5) is 5.69 Å². The van der Waals surface area contributed by atoms with Gasteiger partial charge in [0.2, 0.25) is 5.91 Å². The highest BCUT2D eigenvalue weighted by Gasteiger charge is 2.23. The summed E-state index contributed by atoms with van der Waals surface area (Å²) >= 11 is 0. The Bertz CT molecular complexity index is 1160. The normalized spacial score (nSPS) is 15.4. The molecule has 0 unspecified atom stereocenters. The molecule has 2 aromatic carbocycles. The number of likely N-dealkylation sites (tertiary alicyclic amines) is 1. The molecular formula is C30H38N4O2. The molecule has 190 valence electrons. The van der Waals surface area contributed by atoms with Gasteiger partial charge in [0.15, 0.2) is 0 Å². The zero-order chi connectivity index (χ0) is 25.8. The fraction of sp³-hybridized carbons (Fsp3) is 0.433. The van der Waals surface area contributed by atoms with Crippen LogP contribution in [0.25, 0.3) is 17.2 Å². The molecule has 2 aliphatic rings. The number of benzene rings is 2. The van der Waals surface area contributed by atoms with Gasteiger partial charge < -0.3 is 15.5 Å². The molecule has 0 aliphatic carbocycles. The Morgan fingerprint density at radius 1 is 0.944 bits per heavy atom. The van der Waals surface area contributed by atoms with Crippen molar-refractivity contribution in [1.29, 1.82) is 0 Å². The van der Waals surface area contributed by atoms with E-state index >= 15 is 0 Å². The predicted molar refractivity (Wildman–Crippen MR) is 147 cm³/mol. The van der Waals surface area contributed by atoms with Crippen molar-refractivity contribution < 1.29 is 9.59 Å². The van der Waals surface area contributed by atoms with Crippen molar-refractivity contribution in [2.75, 3.05) is 26.2 Å². The van der Waals surface area contributed by atoms with E-state index in [0.717, 1.165) is 53.9 Å². The van der Waals surface area contributed by atoms with Crippen LogP contribution >= 0.6 is 0 Å². The number of amidine groups is 1. The number of fused-ring (bicyclic) bond motifs is 1. The van der Waals surface area contributed by atoms with Gasteiger partial charge in [-0.15, -0.1) is 0 Å². The van der Waals surface area contributed by atoms with Crippen molar-refractivity contribution in [2.24, 2.45) is 22.6 Å². The van der Waals surface area contributed by atoms with Crippen molar-refractivity contribution in [2.45, 2.75) is 47.0 Å². The molecule has 0 bridgehead atoms. The zero-order valence-electron chi connectivity index (χ0n) is 22.0. The van der Waals surface area contributed by atoms with Crippen LogP contribution in [0.2, 0.25) is 0 Å². The number of amides is 2. The lowest BCUT2D eigenvalue weighted by molar-refractivity contribution is -0.128. The standard InChI is InChI=1S/C30H38N4O2/c1-20(2)18-34(19-21(3)4)30(36)26-15-25-12-11-24(16-27(25)32-28(31)17-26)22-7-9-23(10-8-22)29(35)33-13-5-6-14-33/h7-12,15-16,20-21H,5-6,13-14,17-19H2,1-4H3,(H2,31,32). The number of nitrogens with zero attached hydrogens (tertiary/aromatic N) is 3. The van der Waals surface area contributed by atoms with Gasteiger partial charge in [0.05, 0.1) is 5.69 Å². The fourth-order valence-electron chi connectivity index (χ4n) is 4.94. The molecule has 6 heteroatoms. The van der Waals surface area contributed by atoms with E-state index in [4.69, 9.17) is 5.73 Å². The molecule has 1 fully saturated rings. The first-order valence-corrected chi connectivity index (χ1v) is 13.1. The monoisotopic (exact) mass is 486 g/mol. The molecule has 1 saturated heterocycles. The summed E-state index contributed by atoms with van der Waals surface area (Å²) in [6, 6.07) is 13.8.